The van der Waals surface area contributed by atoms with Crippen LogP contribution in [0.5, 0.6) is 0 Å². The summed E-state index contributed by atoms with van der Waals surface area (Å²) in [7, 11) is 0. The molecule has 0 amide bonds. The summed E-state index contributed by atoms with van der Waals surface area (Å²) >= 11 is 0. The molecule has 0 spiro atoms. The molecule has 2 rings (SSSR count). The Morgan fingerprint density at radius 1 is 1.16 bits per heavy atom. The Morgan fingerprint density at radius 2 is 1.74 bits per heavy atom. The van der Waals surface area contributed by atoms with Gasteiger partial charge in [0.25, 0.3) is 0 Å². The molecule has 4 heteroatoms. The zero-order chi connectivity index (χ0) is 13.9. The molecule has 1 aromatic carbocycles. The monoisotopic (exact) mass is 271 g/mol. The van der Waals surface area contributed by atoms with Crippen LogP contribution in [0.25, 0.3) is 0 Å². The molecule has 0 radical (unpaired) electrons. The quantitative estimate of drug-likeness (QED) is 0.866. The molecule has 1 nitrogen and oxygen atoms in total. The molecule has 1 N–H and O–H groups in total. The average molecular weight is 271 g/mol. The van der Waals surface area contributed by atoms with Gasteiger partial charge in [-0.25, -0.2) is 0 Å². The molecular weight excluding hydrogens is 251 g/mol. The molecular formula is C15H20F3N. The highest BCUT2D eigenvalue weighted by molar-refractivity contribution is 5.21. The van der Waals surface area contributed by atoms with Crippen LogP contribution in [-0.4, -0.2) is 18.3 Å². The molecule has 106 valence electrons. The molecule has 0 saturated heterocycles. The van der Waals surface area contributed by atoms with Crippen LogP contribution in [-0.2, 0) is 0 Å². The van der Waals surface area contributed by atoms with E-state index in [1.807, 2.05) is 30.3 Å². The first-order chi connectivity index (χ1) is 8.98. The highest BCUT2D eigenvalue weighted by atomic mass is 19.4. The van der Waals surface area contributed by atoms with E-state index in [2.05, 4.69) is 5.32 Å². The van der Waals surface area contributed by atoms with Crippen LogP contribution in [0.15, 0.2) is 30.3 Å². The maximum Gasteiger partial charge on any atom is 0.406 e. The summed E-state index contributed by atoms with van der Waals surface area (Å²) in [5, 5.41) is 2.68. The lowest BCUT2D eigenvalue weighted by atomic mass is 9.73. The minimum atomic E-state index is -4.16. The molecule has 1 aromatic rings. The summed E-state index contributed by atoms with van der Waals surface area (Å²) in [5.74, 6) is 0.260. The molecule has 1 saturated carbocycles. The summed E-state index contributed by atoms with van der Waals surface area (Å²) in [6.45, 7) is 2.09. The second-order valence-corrected chi connectivity index (χ2v) is 5.30. The number of hydrogen-bond acceptors (Lipinski definition) is 1. The Morgan fingerprint density at radius 3 is 2.21 bits per heavy atom. The van der Waals surface area contributed by atoms with Gasteiger partial charge in [0.2, 0.25) is 0 Å². The Bertz CT molecular complexity index is 392. The minimum absolute atomic E-state index is 0.171. The highest BCUT2D eigenvalue weighted by Gasteiger charge is 2.55. The van der Waals surface area contributed by atoms with Crippen molar-refractivity contribution in [1.82, 2.24) is 5.32 Å². The maximum absolute atomic E-state index is 13.3. The minimum Gasteiger partial charge on any atom is -0.304 e. The molecule has 0 heterocycles. The van der Waals surface area contributed by atoms with E-state index < -0.39 is 11.7 Å². The van der Waals surface area contributed by atoms with Crippen molar-refractivity contribution >= 4 is 0 Å². The molecule has 0 atom stereocenters. The van der Waals surface area contributed by atoms with E-state index in [4.69, 9.17) is 0 Å². The van der Waals surface area contributed by atoms with Crippen molar-refractivity contribution in [2.24, 2.45) is 0 Å². The number of rotatable bonds is 3. The molecule has 19 heavy (non-hydrogen) atoms. The van der Waals surface area contributed by atoms with Crippen molar-refractivity contribution in [3.63, 3.8) is 0 Å². The number of hydrogen-bond donors (Lipinski definition) is 1. The van der Waals surface area contributed by atoms with Crippen LogP contribution in [0.3, 0.4) is 0 Å². The van der Waals surface area contributed by atoms with Crippen LogP contribution in [0.4, 0.5) is 13.2 Å². The summed E-state index contributed by atoms with van der Waals surface area (Å²) < 4.78 is 39.8. The Balaban J connectivity index is 2.08. The zero-order valence-electron chi connectivity index (χ0n) is 11.1. The van der Waals surface area contributed by atoms with E-state index in [0.717, 1.165) is 5.56 Å². The molecule has 0 aromatic heterocycles. The van der Waals surface area contributed by atoms with Gasteiger partial charge in [-0.15, -0.1) is 0 Å². The fourth-order valence-corrected chi connectivity index (χ4v) is 3.07. The van der Waals surface area contributed by atoms with Crippen LogP contribution in [0.1, 0.15) is 44.1 Å². The van der Waals surface area contributed by atoms with Gasteiger partial charge in [-0.1, -0.05) is 37.3 Å². The fraction of sp³-hybridized carbons (Fsp3) is 0.600. The van der Waals surface area contributed by atoms with Gasteiger partial charge in [0.15, 0.2) is 0 Å². The van der Waals surface area contributed by atoms with Crippen molar-refractivity contribution in [3.8, 4) is 0 Å². The van der Waals surface area contributed by atoms with Crippen molar-refractivity contribution in [3.05, 3.63) is 35.9 Å². The zero-order valence-corrected chi connectivity index (χ0v) is 11.1. The van der Waals surface area contributed by atoms with Gasteiger partial charge in [-0.05, 0) is 43.7 Å². The molecule has 1 aliphatic rings. The normalized spacial score (nSPS) is 28.3. The molecule has 1 aliphatic carbocycles. The smallest absolute Gasteiger partial charge is 0.304 e. The number of nitrogens with one attached hydrogen (secondary N) is 1. The third-order valence-corrected chi connectivity index (χ3v) is 4.17. The summed E-state index contributed by atoms with van der Waals surface area (Å²) in [6.07, 6.45) is -2.63. The molecule has 1 fully saturated rings. The van der Waals surface area contributed by atoms with Gasteiger partial charge < -0.3 is 5.32 Å². The first-order valence-electron chi connectivity index (χ1n) is 6.85. The highest BCUT2D eigenvalue weighted by Crippen LogP contribution is 2.45. The van der Waals surface area contributed by atoms with Gasteiger partial charge in [0.1, 0.15) is 5.54 Å². The third kappa shape index (κ3) is 2.94. The Labute approximate surface area is 112 Å². The van der Waals surface area contributed by atoms with E-state index in [1.54, 1.807) is 6.92 Å². The van der Waals surface area contributed by atoms with Crippen molar-refractivity contribution < 1.29 is 13.2 Å². The predicted molar refractivity (Wildman–Crippen MR) is 70.1 cm³/mol. The van der Waals surface area contributed by atoms with Gasteiger partial charge >= 0.3 is 6.18 Å². The predicted octanol–water partition coefficient (Wildman–Crippen LogP) is 4.25. The lowest BCUT2D eigenvalue weighted by molar-refractivity contribution is -0.206. The Kier molecular flexibility index (Phi) is 4.19. The lowest BCUT2D eigenvalue weighted by Gasteiger charge is -2.42. The van der Waals surface area contributed by atoms with Crippen molar-refractivity contribution in [2.45, 2.75) is 50.2 Å². The third-order valence-electron chi connectivity index (χ3n) is 4.17. The largest absolute Gasteiger partial charge is 0.406 e. The first kappa shape index (κ1) is 14.4. The van der Waals surface area contributed by atoms with Crippen LogP contribution < -0.4 is 5.32 Å². The van der Waals surface area contributed by atoms with E-state index in [0.29, 0.717) is 19.4 Å². The van der Waals surface area contributed by atoms with Gasteiger partial charge in [0.05, 0.1) is 0 Å². The Hall–Kier alpha value is -1.03. The number of halogens is 3. The van der Waals surface area contributed by atoms with E-state index in [1.165, 1.54) is 0 Å². The van der Waals surface area contributed by atoms with E-state index in [9.17, 15) is 13.2 Å². The van der Waals surface area contributed by atoms with Crippen molar-refractivity contribution in [1.29, 1.82) is 0 Å². The van der Waals surface area contributed by atoms with Crippen LogP contribution >= 0.6 is 0 Å². The second kappa shape index (κ2) is 5.53. The second-order valence-electron chi connectivity index (χ2n) is 5.30. The van der Waals surface area contributed by atoms with Gasteiger partial charge in [-0.2, -0.15) is 13.2 Å². The number of alkyl halides is 3. The number of benzene rings is 1. The summed E-state index contributed by atoms with van der Waals surface area (Å²) in [4.78, 5) is 0. The molecule has 0 aliphatic heterocycles. The van der Waals surface area contributed by atoms with Crippen LogP contribution in [0.2, 0.25) is 0 Å². The topological polar surface area (TPSA) is 12.0 Å². The standard InChI is InChI=1S/C15H20F3N/c1-2-19-14(15(16,17)18)10-8-13(9-11-14)12-6-4-3-5-7-12/h3-7,13,19H,2,8-11H2,1H3. The van der Waals surface area contributed by atoms with E-state index in [-0.39, 0.29) is 18.8 Å². The van der Waals surface area contributed by atoms with Crippen LogP contribution in [0, 0.1) is 0 Å². The lowest BCUT2D eigenvalue weighted by Crippen LogP contribution is -2.58. The molecule has 0 bridgehead atoms. The average Bonchev–Trinajstić information content (AvgIpc) is 2.40. The SMILES string of the molecule is CCNC1(C(F)(F)F)CCC(c2ccccc2)CC1. The summed E-state index contributed by atoms with van der Waals surface area (Å²) in [6, 6.07) is 9.86. The van der Waals surface area contributed by atoms with Gasteiger partial charge in [0, 0.05) is 0 Å². The van der Waals surface area contributed by atoms with Crippen molar-refractivity contribution in [2.75, 3.05) is 6.54 Å². The van der Waals surface area contributed by atoms with Gasteiger partial charge in [-0.3, -0.25) is 0 Å². The molecule has 0 unspecified atom stereocenters. The first-order valence-corrected chi connectivity index (χ1v) is 6.85. The summed E-state index contributed by atoms with van der Waals surface area (Å²) in [5.41, 5.74) is -0.512. The maximum atomic E-state index is 13.3. The fourth-order valence-electron chi connectivity index (χ4n) is 3.07. The van der Waals surface area contributed by atoms with E-state index >= 15 is 0 Å².